The number of ether oxygens (including phenoxy) is 1. The molecule has 0 aromatic heterocycles. The van der Waals surface area contributed by atoms with Crippen LogP contribution in [0.3, 0.4) is 0 Å². The van der Waals surface area contributed by atoms with Crippen LogP contribution < -0.4 is 5.32 Å². The molecule has 0 bridgehead atoms. The third-order valence-electron chi connectivity index (χ3n) is 4.31. The summed E-state index contributed by atoms with van der Waals surface area (Å²) < 4.78 is 4.79. The molecule has 0 spiro atoms. The van der Waals surface area contributed by atoms with Crippen LogP contribution in [0.25, 0.3) is 0 Å². The average molecular weight is 348 g/mol. The van der Waals surface area contributed by atoms with Crippen LogP contribution in [0.1, 0.15) is 24.5 Å². The Kier molecular flexibility index (Phi) is 6.14. The lowest BCUT2D eigenvalue weighted by molar-refractivity contribution is -0.146. The number of nitrogens with one attached hydrogen (secondary N) is 1. The quantitative estimate of drug-likeness (QED) is 0.740. The van der Waals surface area contributed by atoms with Crippen molar-refractivity contribution in [2.24, 2.45) is 0 Å². The zero-order valence-corrected chi connectivity index (χ0v) is 14.7. The number of esters is 1. The minimum atomic E-state index is -0.856. The number of carbonyl (C=O) groups excluding carboxylic acids is 3. The number of amides is 2. The molecular weight excluding hydrogens is 324 g/mol. The topological polar surface area (TPSA) is 95.9 Å². The van der Waals surface area contributed by atoms with Gasteiger partial charge in [0, 0.05) is 26.3 Å². The van der Waals surface area contributed by atoms with Crippen molar-refractivity contribution in [2.45, 2.75) is 44.9 Å². The number of methoxy groups -OCH3 is 1. The van der Waals surface area contributed by atoms with Crippen molar-refractivity contribution >= 4 is 17.8 Å². The molecule has 1 aromatic rings. The van der Waals surface area contributed by atoms with Crippen molar-refractivity contribution < 1.29 is 24.2 Å². The first-order chi connectivity index (χ1) is 11.8. The summed E-state index contributed by atoms with van der Waals surface area (Å²) in [4.78, 5) is 37.6. The van der Waals surface area contributed by atoms with Crippen LogP contribution in [0.4, 0.5) is 0 Å². The molecule has 0 unspecified atom stereocenters. The van der Waals surface area contributed by atoms with Gasteiger partial charge in [0.15, 0.2) is 0 Å². The number of aliphatic hydroxyl groups is 1. The molecule has 2 amide bonds. The van der Waals surface area contributed by atoms with Gasteiger partial charge in [0.25, 0.3) is 0 Å². The zero-order valence-electron chi connectivity index (χ0n) is 14.7. The molecule has 1 aliphatic rings. The minimum absolute atomic E-state index is 0.119. The fourth-order valence-corrected chi connectivity index (χ4v) is 3.09. The fraction of sp³-hybridized carbons (Fsp3) is 0.500. The first-order valence-electron chi connectivity index (χ1n) is 8.20. The molecule has 2 N–H and O–H groups in total. The van der Waals surface area contributed by atoms with E-state index >= 15 is 0 Å². The number of rotatable bonds is 5. The van der Waals surface area contributed by atoms with E-state index in [1.165, 1.54) is 18.9 Å². The highest BCUT2D eigenvalue weighted by atomic mass is 16.5. The van der Waals surface area contributed by atoms with Crippen LogP contribution >= 0.6 is 0 Å². The molecule has 7 heteroatoms. The van der Waals surface area contributed by atoms with Crippen LogP contribution in [-0.4, -0.2) is 59.6 Å². The average Bonchev–Trinajstić information content (AvgIpc) is 2.96. The molecule has 1 aliphatic heterocycles. The van der Waals surface area contributed by atoms with Gasteiger partial charge in [-0.15, -0.1) is 0 Å². The molecule has 0 aliphatic carbocycles. The Morgan fingerprint density at radius 1 is 1.40 bits per heavy atom. The van der Waals surface area contributed by atoms with Crippen molar-refractivity contribution in [2.75, 3.05) is 13.7 Å². The van der Waals surface area contributed by atoms with E-state index in [2.05, 4.69) is 5.32 Å². The van der Waals surface area contributed by atoms with E-state index in [1.54, 1.807) is 0 Å². The van der Waals surface area contributed by atoms with Gasteiger partial charge >= 0.3 is 5.97 Å². The number of aliphatic hydroxyl groups excluding tert-OH is 1. The summed E-state index contributed by atoms with van der Waals surface area (Å²) in [5.74, 6) is -1.30. The number of hydrogen-bond acceptors (Lipinski definition) is 5. The monoisotopic (exact) mass is 348 g/mol. The second-order valence-electron chi connectivity index (χ2n) is 6.35. The minimum Gasteiger partial charge on any atom is -0.467 e. The number of nitrogens with zero attached hydrogens (tertiary/aromatic N) is 1. The maximum atomic E-state index is 12.6. The van der Waals surface area contributed by atoms with Crippen molar-refractivity contribution in [3.8, 4) is 0 Å². The van der Waals surface area contributed by atoms with Gasteiger partial charge in [0.1, 0.15) is 12.1 Å². The zero-order chi connectivity index (χ0) is 18.6. The van der Waals surface area contributed by atoms with Gasteiger partial charge in [0.05, 0.1) is 13.2 Å². The Morgan fingerprint density at radius 3 is 2.72 bits per heavy atom. The molecule has 1 aromatic carbocycles. The predicted octanol–water partition coefficient (Wildman–Crippen LogP) is 0.177. The van der Waals surface area contributed by atoms with E-state index in [0.29, 0.717) is 0 Å². The van der Waals surface area contributed by atoms with Crippen molar-refractivity contribution in [3.63, 3.8) is 0 Å². The van der Waals surface area contributed by atoms with Crippen molar-refractivity contribution in [3.05, 3.63) is 35.4 Å². The summed E-state index contributed by atoms with van der Waals surface area (Å²) in [6.45, 7) is 3.41. The SMILES string of the molecule is COC(=O)[C@@H](Cc1cccc(C)c1)NC(=O)[C@@H]1C[C@@H](O)CN1C(C)=O. The third kappa shape index (κ3) is 4.79. The van der Waals surface area contributed by atoms with Crippen molar-refractivity contribution in [1.82, 2.24) is 10.2 Å². The van der Waals surface area contributed by atoms with E-state index in [-0.39, 0.29) is 25.3 Å². The highest BCUT2D eigenvalue weighted by molar-refractivity contribution is 5.91. The van der Waals surface area contributed by atoms with Crippen LogP contribution in [0, 0.1) is 6.92 Å². The molecule has 2 rings (SSSR count). The second-order valence-corrected chi connectivity index (χ2v) is 6.35. The third-order valence-corrected chi connectivity index (χ3v) is 4.31. The lowest BCUT2D eigenvalue weighted by Crippen LogP contribution is -2.51. The lowest BCUT2D eigenvalue weighted by Gasteiger charge is -2.24. The fourth-order valence-electron chi connectivity index (χ4n) is 3.09. The van der Waals surface area contributed by atoms with Crippen LogP contribution in [-0.2, 0) is 25.5 Å². The smallest absolute Gasteiger partial charge is 0.328 e. The number of likely N-dealkylation sites (tertiary alicyclic amines) is 1. The molecule has 25 heavy (non-hydrogen) atoms. The first-order valence-corrected chi connectivity index (χ1v) is 8.20. The standard InChI is InChI=1S/C18H24N2O5/c1-11-5-4-6-13(7-11)8-15(18(24)25-3)19-17(23)16-9-14(22)10-20(16)12(2)21/h4-7,14-16,22H,8-10H2,1-3H3,(H,19,23)/t14-,15-,16+/m1/s1. The van der Waals surface area contributed by atoms with Gasteiger partial charge in [-0.3, -0.25) is 9.59 Å². The Morgan fingerprint density at radius 2 is 2.12 bits per heavy atom. The number of benzene rings is 1. The van der Waals surface area contributed by atoms with Crippen LogP contribution in [0.2, 0.25) is 0 Å². The predicted molar refractivity (Wildman–Crippen MR) is 90.6 cm³/mol. The summed E-state index contributed by atoms with van der Waals surface area (Å²) >= 11 is 0. The summed E-state index contributed by atoms with van der Waals surface area (Å²) in [6.07, 6.45) is -0.299. The summed E-state index contributed by atoms with van der Waals surface area (Å²) in [6, 6.07) is 5.99. The Balaban J connectivity index is 2.12. The summed E-state index contributed by atoms with van der Waals surface area (Å²) in [7, 11) is 1.26. The maximum Gasteiger partial charge on any atom is 0.328 e. The summed E-state index contributed by atoms with van der Waals surface area (Å²) in [5.41, 5.74) is 1.94. The number of carbonyl (C=O) groups is 3. The van der Waals surface area contributed by atoms with E-state index in [1.807, 2.05) is 31.2 Å². The number of hydrogen-bond donors (Lipinski definition) is 2. The van der Waals surface area contributed by atoms with Crippen LogP contribution in [0.5, 0.6) is 0 Å². The highest BCUT2D eigenvalue weighted by Crippen LogP contribution is 2.19. The molecule has 7 nitrogen and oxygen atoms in total. The lowest BCUT2D eigenvalue weighted by atomic mass is 10.0. The van der Waals surface area contributed by atoms with Gasteiger partial charge in [0.2, 0.25) is 11.8 Å². The van der Waals surface area contributed by atoms with Gasteiger partial charge in [-0.05, 0) is 12.5 Å². The van der Waals surface area contributed by atoms with E-state index in [9.17, 15) is 19.5 Å². The molecule has 0 radical (unpaired) electrons. The number of aryl methyl sites for hydroxylation is 1. The van der Waals surface area contributed by atoms with Crippen molar-refractivity contribution in [1.29, 1.82) is 0 Å². The van der Waals surface area contributed by atoms with Gasteiger partial charge < -0.3 is 20.1 Å². The molecule has 3 atom stereocenters. The largest absolute Gasteiger partial charge is 0.467 e. The molecule has 136 valence electrons. The number of β-amino-alcohol motifs (C(OH)–C–C–N with tert-alkyl or cyclic N) is 1. The van der Waals surface area contributed by atoms with Gasteiger partial charge in [-0.2, -0.15) is 0 Å². The Hall–Kier alpha value is -2.41. The van der Waals surface area contributed by atoms with Gasteiger partial charge in [-0.1, -0.05) is 29.8 Å². The molecular formula is C18H24N2O5. The molecule has 1 heterocycles. The first kappa shape index (κ1) is 18.9. The Labute approximate surface area is 147 Å². The molecule has 1 saturated heterocycles. The molecule has 0 saturated carbocycles. The Bertz CT molecular complexity index is 661. The van der Waals surface area contributed by atoms with Crippen LogP contribution in [0.15, 0.2) is 24.3 Å². The normalized spacial score (nSPS) is 20.9. The molecule has 1 fully saturated rings. The summed E-state index contributed by atoms with van der Waals surface area (Å²) in [5, 5.41) is 12.4. The highest BCUT2D eigenvalue weighted by Gasteiger charge is 2.38. The van der Waals surface area contributed by atoms with E-state index < -0.39 is 30.1 Å². The van der Waals surface area contributed by atoms with E-state index in [0.717, 1.165) is 11.1 Å². The maximum absolute atomic E-state index is 12.6. The van der Waals surface area contributed by atoms with E-state index in [4.69, 9.17) is 4.74 Å². The second kappa shape index (κ2) is 8.11. The van der Waals surface area contributed by atoms with Gasteiger partial charge in [-0.25, -0.2) is 4.79 Å².